The molecule has 1 rings (SSSR count). The second kappa shape index (κ2) is 4.00. The number of rotatable bonds is 2. The lowest BCUT2D eigenvalue weighted by Gasteiger charge is -2.15. The Morgan fingerprint density at radius 1 is 1.57 bits per heavy atom. The molecule has 0 saturated carbocycles. The molecule has 0 heterocycles. The van der Waals surface area contributed by atoms with Gasteiger partial charge in [0.1, 0.15) is 5.75 Å². The molecule has 76 valence electrons. The van der Waals surface area contributed by atoms with Gasteiger partial charge in [-0.05, 0) is 25.1 Å². The molecule has 4 heteroatoms. The highest BCUT2D eigenvalue weighted by Crippen LogP contribution is 2.19. The van der Waals surface area contributed by atoms with Crippen molar-refractivity contribution in [3.8, 4) is 5.75 Å². The van der Waals surface area contributed by atoms with Crippen LogP contribution in [0.3, 0.4) is 0 Å². The first-order valence-corrected chi connectivity index (χ1v) is 4.40. The average molecular weight is 194 g/mol. The molecule has 14 heavy (non-hydrogen) atoms. The standard InChI is InChI=1S/C10H14N2O2/c1-3-12(2)10(14)8-6-7(13)4-5-9(8)11/h4-6,13H,3,11H2,1-2H3. The van der Waals surface area contributed by atoms with E-state index in [1.807, 2.05) is 6.92 Å². The zero-order valence-corrected chi connectivity index (χ0v) is 8.32. The van der Waals surface area contributed by atoms with E-state index in [1.165, 1.54) is 23.1 Å². The molecular formula is C10H14N2O2. The molecule has 0 spiro atoms. The van der Waals surface area contributed by atoms with Crippen molar-refractivity contribution in [1.82, 2.24) is 4.90 Å². The van der Waals surface area contributed by atoms with Crippen molar-refractivity contribution < 1.29 is 9.90 Å². The van der Waals surface area contributed by atoms with Gasteiger partial charge >= 0.3 is 0 Å². The molecule has 0 saturated heterocycles. The molecule has 4 nitrogen and oxygen atoms in total. The molecule has 1 amide bonds. The lowest BCUT2D eigenvalue weighted by atomic mass is 10.1. The SMILES string of the molecule is CCN(C)C(=O)c1cc(O)ccc1N. The summed E-state index contributed by atoms with van der Waals surface area (Å²) in [6.07, 6.45) is 0. The van der Waals surface area contributed by atoms with Gasteiger partial charge in [-0.15, -0.1) is 0 Å². The molecule has 0 aliphatic carbocycles. The largest absolute Gasteiger partial charge is 0.508 e. The fourth-order valence-electron chi connectivity index (χ4n) is 1.08. The number of amides is 1. The van der Waals surface area contributed by atoms with Crippen LogP contribution in [0.1, 0.15) is 17.3 Å². The fourth-order valence-corrected chi connectivity index (χ4v) is 1.08. The Balaban J connectivity index is 3.06. The third kappa shape index (κ3) is 1.96. The summed E-state index contributed by atoms with van der Waals surface area (Å²) < 4.78 is 0. The van der Waals surface area contributed by atoms with Gasteiger partial charge in [0.15, 0.2) is 0 Å². The van der Waals surface area contributed by atoms with Crippen LogP contribution in [0.2, 0.25) is 0 Å². The lowest BCUT2D eigenvalue weighted by Crippen LogP contribution is -2.26. The van der Waals surface area contributed by atoms with Gasteiger partial charge in [-0.2, -0.15) is 0 Å². The summed E-state index contributed by atoms with van der Waals surface area (Å²) in [6.45, 7) is 2.48. The number of benzene rings is 1. The Morgan fingerprint density at radius 2 is 2.21 bits per heavy atom. The first-order valence-electron chi connectivity index (χ1n) is 4.40. The van der Waals surface area contributed by atoms with Gasteiger partial charge in [0.05, 0.1) is 5.56 Å². The van der Waals surface area contributed by atoms with Gasteiger partial charge in [-0.3, -0.25) is 4.79 Å². The van der Waals surface area contributed by atoms with Crippen LogP contribution in [-0.4, -0.2) is 29.5 Å². The summed E-state index contributed by atoms with van der Waals surface area (Å²) in [7, 11) is 1.69. The molecule has 3 N–H and O–H groups in total. The van der Waals surface area contributed by atoms with Crippen LogP contribution in [0.15, 0.2) is 18.2 Å². The Morgan fingerprint density at radius 3 is 2.79 bits per heavy atom. The third-order valence-electron chi connectivity index (χ3n) is 2.09. The monoisotopic (exact) mass is 194 g/mol. The van der Waals surface area contributed by atoms with Gasteiger partial charge in [0.2, 0.25) is 0 Å². The van der Waals surface area contributed by atoms with Crippen LogP contribution in [-0.2, 0) is 0 Å². The topological polar surface area (TPSA) is 66.6 Å². The maximum Gasteiger partial charge on any atom is 0.255 e. The Hall–Kier alpha value is -1.71. The third-order valence-corrected chi connectivity index (χ3v) is 2.09. The molecule has 0 atom stereocenters. The Kier molecular flexibility index (Phi) is 2.96. The number of phenols is 1. The van der Waals surface area contributed by atoms with E-state index in [4.69, 9.17) is 5.73 Å². The molecule has 0 bridgehead atoms. The minimum atomic E-state index is -0.180. The van der Waals surface area contributed by atoms with Crippen molar-refractivity contribution >= 4 is 11.6 Å². The van der Waals surface area contributed by atoms with Crippen LogP contribution in [0.4, 0.5) is 5.69 Å². The summed E-state index contributed by atoms with van der Waals surface area (Å²) in [4.78, 5) is 13.2. The number of phenolic OH excluding ortho intramolecular Hbond substituents is 1. The van der Waals surface area contributed by atoms with Crippen molar-refractivity contribution in [2.24, 2.45) is 0 Å². The number of aromatic hydroxyl groups is 1. The number of nitrogens with zero attached hydrogens (tertiary/aromatic N) is 1. The van der Waals surface area contributed by atoms with E-state index < -0.39 is 0 Å². The van der Waals surface area contributed by atoms with Crippen LogP contribution < -0.4 is 5.73 Å². The van der Waals surface area contributed by atoms with Gasteiger partial charge in [-0.25, -0.2) is 0 Å². The van der Waals surface area contributed by atoms with E-state index in [2.05, 4.69) is 0 Å². The number of carbonyl (C=O) groups is 1. The predicted molar refractivity (Wildman–Crippen MR) is 55.2 cm³/mol. The molecule has 0 aliphatic heterocycles. The van der Waals surface area contributed by atoms with Gasteiger partial charge in [0, 0.05) is 19.3 Å². The van der Waals surface area contributed by atoms with Crippen molar-refractivity contribution in [3.05, 3.63) is 23.8 Å². The zero-order chi connectivity index (χ0) is 10.7. The normalized spacial score (nSPS) is 9.86. The Labute approximate surface area is 82.9 Å². The summed E-state index contributed by atoms with van der Waals surface area (Å²) in [5.74, 6) is -0.132. The summed E-state index contributed by atoms with van der Waals surface area (Å²) in [5.41, 5.74) is 6.35. The van der Waals surface area contributed by atoms with Crippen molar-refractivity contribution in [2.45, 2.75) is 6.92 Å². The van der Waals surface area contributed by atoms with E-state index in [0.717, 1.165) is 0 Å². The number of hydrogen-bond donors (Lipinski definition) is 2. The quantitative estimate of drug-likeness (QED) is 0.546. The smallest absolute Gasteiger partial charge is 0.255 e. The van der Waals surface area contributed by atoms with E-state index in [0.29, 0.717) is 17.8 Å². The number of carbonyl (C=O) groups excluding carboxylic acids is 1. The fraction of sp³-hybridized carbons (Fsp3) is 0.300. The highest BCUT2D eigenvalue weighted by atomic mass is 16.3. The van der Waals surface area contributed by atoms with Gasteiger partial charge in [0.25, 0.3) is 5.91 Å². The van der Waals surface area contributed by atoms with Crippen LogP contribution in [0.5, 0.6) is 5.75 Å². The first-order chi connectivity index (χ1) is 6.56. The van der Waals surface area contributed by atoms with Crippen molar-refractivity contribution in [3.63, 3.8) is 0 Å². The van der Waals surface area contributed by atoms with Gasteiger partial charge in [-0.1, -0.05) is 0 Å². The molecule has 1 aromatic rings. The van der Waals surface area contributed by atoms with Crippen LogP contribution in [0, 0.1) is 0 Å². The lowest BCUT2D eigenvalue weighted by molar-refractivity contribution is 0.0803. The molecule has 1 aromatic carbocycles. The minimum absolute atomic E-state index is 0.0482. The van der Waals surface area contributed by atoms with Crippen molar-refractivity contribution in [1.29, 1.82) is 0 Å². The summed E-state index contributed by atoms with van der Waals surface area (Å²) >= 11 is 0. The first kappa shape index (κ1) is 10.4. The number of nitrogens with two attached hydrogens (primary N) is 1. The summed E-state index contributed by atoms with van der Waals surface area (Å²) in [6, 6.07) is 4.36. The maximum atomic E-state index is 11.7. The van der Waals surface area contributed by atoms with Crippen LogP contribution >= 0.6 is 0 Å². The molecular weight excluding hydrogens is 180 g/mol. The van der Waals surface area contributed by atoms with Gasteiger partial charge < -0.3 is 15.7 Å². The zero-order valence-electron chi connectivity index (χ0n) is 8.32. The molecule has 0 fully saturated rings. The molecule has 0 radical (unpaired) electrons. The predicted octanol–water partition coefficient (Wildman–Crippen LogP) is 1.07. The van der Waals surface area contributed by atoms with E-state index >= 15 is 0 Å². The number of anilines is 1. The Bertz CT molecular complexity index is 350. The molecule has 0 unspecified atom stereocenters. The molecule has 0 aromatic heterocycles. The van der Waals surface area contributed by atoms with Crippen LogP contribution in [0.25, 0.3) is 0 Å². The second-order valence-electron chi connectivity index (χ2n) is 3.09. The van der Waals surface area contributed by atoms with E-state index in [9.17, 15) is 9.90 Å². The number of hydrogen-bond acceptors (Lipinski definition) is 3. The number of nitrogen functional groups attached to an aromatic ring is 1. The van der Waals surface area contributed by atoms with E-state index in [1.54, 1.807) is 7.05 Å². The second-order valence-corrected chi connectivity index (χ2v) is 3.09. The van der Waals surface area contributed by atoms with Crippen molar-refractivity contribution in [2.75, 3.05) is 19.3 Å². The molecule has 0 aliphatic rings. The highest BCUT2D eigenvalue weighted by molar-refractivity contribution is 5.99. The maximum absolute atomic E-state index is 11.7. The highest BCUT2D eigenvalue weighted by Gasteiger charge is 2.13. The van der Waals surface area contributed by atoms with E-state index in [-0.39, 0.29) is 11.7 Å². The average Bonchev–Trinajstić information content (AvgIpc) is 2.19. The minimum Gasteiger partial charge on any atom is -0.508 e. The summed E-state index contributed by atoms with van der Waals surface area (Å²) in [5, 5.41) is 9.21.